The number of hydrogen-bond acceptors (Lipinski definition) is 3. The zero-order chi connectivity index (χ0) is 14.0. The lowest BCUT2D eigenvalue weighted by atomic mass is 10.1. The lowest BCUT2D eigenvalue weighted by Crippen LogP contribution is -2.32. The van der Waals surface area contributed by atoms with Crippen LogP contribution in [-0.4, -0.2) is 27.3 Å². The van der Waals surface area contributed by atoms with Crippen LogP contribution in [-0.2, 0) is 11.2 Å². The van der Waals surface area contributed by atoms with Gasteiger partial charge in [-0.05, 0) is 23.8 Å². The molecule has 0 spiro atoms. The fourth-order valence-corrected chi connectivity index (χ4v) is 4.82. The molecule has 1 aliphatic rings. The van der Waals surface area contributed by atoms with Crippen LogP contribution < -0.4 is 0 Å². The van der Waals surface area contributed by atoms with E-state index >= 15 is 0 Å². The summed E-state index contributed by atoms with van der Waals surface area (Å²) in [5, 5.41) is 0.823. The zero-order valence-electron chi connectivity index (χ0n) is 10.9. The minimum atomic E-state index is -0.510. The molecule has 104 valence electrons. The molecule has 0 aromatic heterocycles. The van der Waals surface area contributed by atoms with Gasteiger partial charge in [0.15, 0.2) is 5.78 Å². The van der Waals surface area contributed by atoms with Crippen molar-refractivity contribution in [3.8, 4) is 0 Å². The summed E-state index contributed by atoms with van der Waals surface area (Å²) >= 11 is 3.42. The van der Waals surface area contributed by atoms with Gasteiger partial charge >= 0.3 is 0 Å². The predicted octanol–water partition coefficient (Wildman–Crippen LogP) is 3.70. The van der Waals surface area contributed by atoms with Crippen molar-refractivity contribution >= 4 is 29.3 Å². The summed E-state index contributed by atoms with van der Waals surface area (Å²) in [7, 11) is 0. The fourth-order valence-electron chi connectivity index (χ4n) is 1.93. The molecule has 3 unspecified atom stereocenters. The molecule has 2 rings (SSSR count). The van der Waals surface area contributed by atoms with Crippen LogP contribution in [0.3, 0.4) is 0 Å². The molecule has 0 N–H and O–H groups in total. The second-order valence-corrected chi connectivity index (χ2v) is 7.74. The molecule has 5 heteroatoms. The van der Waals surface area contributed by atoms with Gasteiger partial charge < -0.3 is 0 Å². The molecule has 1 aliphatic heterocycles. The first kappa shape index (κ1) is 14.9. The van der Waals surface area contributed by atoms with E-state index in [9.17, 15) is 13.6 Å². The van der Waals surface area contributed by atoms with Crippen molar-refractivity contribution in [2.45, 2.75) is 36.0 Å². The van der Waals surface area contributed by atoms with Gasteiger partial charge in [0.2, 0.25) is 0 Å². The van der Waals surface area contributed by atoms with Crippen LogP contribution in [0, 0.1) is 11.6 Å². The van der Waals surface area contributed by atoms with E-state index in [-0.39, 0.29) is 23.0 Å². The van der Waals surface area contributed by atoms with Crippen molar-refractivity contribution in [3.05, 3.63) is 35.4 Å². The van der Waals surface area contributed by atoms with Gasteiger partial charge in [0.25, 0.3) is 0 Å². The first-order valence-corrected chi connectivity index (χ1v) is 8.20. The minimum Gasteiger partial charge on any atom is -0.298 e. The molecule has 0 saturated carbocycles. The van der Waals surface area contributed by atoms with E-state index in [1.165, 1.54) is 0 Å². The Morgan fingerprint density at radius 1 is 1.32 bits per heavy atom. The van der Waals surface area contributed by atoms with E-state index in [1.807, 2.05) is 0 Å². The van der Waals surface area contributed by atoms with Crippen LogP contribution >= 0.6 is 23.5 Å². The Labute approximate surface area is 120 Å². The molecular formula is C14H16F2OS2. The number of carbonyl (C=O) groups excluding carboxylic acids is 1. The number of thioether (sulfide) groups is 2. The molecule has 0 amide bonds. The van der Waals surface area contributed by atoms with Gasteiger partial charge in [-0.3, -0.25) is 4.79 Å². The van der Waals surface area contributed by atoms with Crippen molar-refractivity contribution in [2.75, 3.05) is 5.75 Å². The molecule has 0 radical (unpaired) electrons. The summed E-state index contributed by atoms with van der Waals surface area (Å²) in [6.07, 6.45) is -0.0249. The molecule has 1 aromatic carbocycles. The second-order valence-electron chi connectivity index (χ2n) is 4.75. The summed E-state index contributed by atoms with van der Waals surface area (Å²) in [5.41, 5.74) is 0.155. The van der Waals surface area contributed by atoms with Crippen molar-refractivity contribution in [2.24, 2.45) is 0 Å². The summed E-state index contributed by atoms with van der Waals surface area (Å²) in [4.78, 5) is 12.2. The molecule has 0 bridgehead atoms. The van der Waals surface area contributed by atoms with Crippen LogP contribution in [0.2, 0.25) is 0 Å². The Hall–Kier alpha value is -0.550. The van der Waals surface area contributed by atoms with Crippen LogP contribution in [0.5, 0.6) is 0 Å². The van der Waals surface area contributed by atoms with Crippen LogP contribution in [0.1, 0.15) is 19.4 Å². The van der Waals surface area contributed by atoms with Gasteiger partial charge in [-0.2, -0.15) is 11.8 Å². The SMILES string of the molecule is CC1SCC(C(=O)Cc2cc(F)ccc2F)SC1C. The summed E-state index contributed by atoms with van der Waals surface area (Å²) in [6.45, 7) is 4.25. The van der Waals surface area contributed by atoms with Crippen molar-refractivity contribution < 1.29 is 13.6 Å². The fraction of sp³-hybridized carbons (Fsp3) is 0.500. The molecular weight excluding hydrogens is 286 g/mol. The molecule has 1 aromatic rings. The number of halogens is 2. The molecule has 0 aliphatic carbocycles. The summed E-state index contributed by atoms with van der Waals surface area (Å²) in [5.74, 6) is -0.270. The predicted molar refractivity (Wildman–Crippen MR) is 77.8 cm³/mol. The average molecular weight is 302 g/mol. The molecule has 3 atom stereocenters. The smallest absolute Gasteiger partial charge is 0.151 e. The number of carbonyl (C=O) groups is 1. The Kier molecular flexibility index (Phi) is 4.90. The highest BCUT2D eigenvalue weighted by atomic mass is 32.2. The van der Waals surface area contributed by atoms with E-state index in [4.69, 9.17) is 0 Å². The number of Topliss-reactive ketones (excluding diaryl/α,β-unsaturated/α-hetero) is 1. The molecule has 1 fully saturated rings. The van der Waals surface area contributed by atoms with E-state index in [0.29, 0.717) is 10.5 Å². The largest absolute Gasteiger partial charge is 0.298 e. The number of rotatable bonds is 3. The Balaban J connectivity index is 2.03. The van der Waals surface area contributed by atoms with Gasteiger partial charge in [-0.1, -0.05) is 13.8 Å². The quantitative estimate of drug-likeness (QED) is 0.847. The monoisotopic (exact) mass is 302 g/mol. The Morgan fingerprint density at radius 2 is 2.05 bits per heavy atom. The van der Waals surface area contributed by atoms with Crippen LogP contribution in [0.4, 0.5) is 8.78 Å². The normalized spacial score (nSPS) is 27.3. The van der Waals surface area contributed by atoms with E-state index in [0.717, 1.165) is 24.0 Å². The lowest BCUT2D eigenvalue weighted by molar-refractivity contribution is -0.117. The van der Waals surface area contributed by atoms with E-state index < -0.39 is 11.6 Å². The molecule has 19 heavy (non-hydrogen) atoms. The second kappa shape index (κ2) is 6.27. The summed E-state index contributed by atoms with van der Waals surface area (Å²) in [6, 6.07) is 3.25. The highest BCUT2D eigenvalue weighted by Gasteiger charge is 2.30. The number of benzene rings is 1. The van der Waals surface area contributed by atoms with Crippen LogP contribution in [0.15, 0.2) is 18.2 Å². The van der Waals surface area contributed by atoms with Crippen LogP contribution in [0.25, 0.3) is 0 Å². The third kappa shape index (κ3) is 3.72. The maximum Gasteiger partial charge on any atom is 0.151 e. The van der Waals surface area contributed by atoms with Gasteiger partial charge in [-0.25, -0.2) is 8.78 Å². The average Bonchev–Trinajstić information content (AvgIpc) is 2.37. The highest BCUT2D eigenvalue weighted by molar-refractivity contribution is 8.08. The van der Waals surface area contributed by atoms with Crippen molar-refractivity contribution in [1.82, 2.24) is 0 Å². The van der Waals surface area contributed by atoms with Gasteiger partial charge in [-0.15, -0.1) is 11.8 Å². The maximum atomic E-state index is 13.5. The number of hydrogen-bond donors (Lipinski definition) is 0. The standard InChI is InChI=1S/C14H16F2OS2/c1-8-9(2)19-14(7-18-8)13(17)6-10-5-11(15)3-4-12(10)16/h3-5,8-9,14H,6-7H2,1-2H3. The van der Waals surface area contributed by atoms with E-state index in [2.05, 4.69) is 13.8 Å². The zero-order valence-corrected chi connectivity index (χ0v) is 12.5. The minimum absolute atomic E-state index is 0.0132. The van der Waals surface area contributed by atoms with Gasteiger partial charge in [0, 0.05) is 22.7 Å². The first-order valence-electron chi connectivity index (χ1n) is 6.21. The maximum absolute atomic E-state index is 13.5. The first-order chi connectivity index (χ1) is 8.97. The molecule has 1 nitrogen and oxygen atoms in total. The molecule has 1 heterocycles. The van der Waals surface area contributed by atoms with Gasteiger partial charge in [0.05, 0.1) is 5.25 Å². The number of ketones is 1. The topological polar surface area (TPSA) is 17.1 Å². The van der Waals surface area contributed by atoms with E-state index in [1.54, 1.807) is 23.5 Å². The third-order valence-corrected chi connectivity index (χ3v) is 6.72. The van der Waals surface area contributed by atoms with Crippen molar-refractivity contribution in [1.29, 1.82) is 0 Å². The van der Waals surface area contributed by atoms with Crippen molar-refractivity contribution in [3.63, 3.8) is 0 Å². The highest BCUT2D eigenvalue weighted by Crippen LogP contribution is 2.36. The lowest BCUT2D eigenvalue weighted by Gasteiger charge is -2.30. The summed E-state index contributed by atoms with van der Waals surface area (Å²) < 4.78 is 26.6. The Morgan fingerprint density at radius 3 is 2.74 bits per heavy atom. The molecule has 1 saturated heterocycles. The van der Waals surface area contributed by atoms with Gasteiger partial charge in [0.1, 0.15) is 11.6 Å². The third-order valence-electron chi connectivity index (χ3n) is 3.28. The Bertz CT molecular complexity index is 479.